The van der Waals surface area contributed by atoms with Crippen LogP contribution in [0.4, 0.5) is 17.3 Å². The number of carbonyl (C=O) groups excluding carboxylic acids is 1. The molecule has 0 aliphatic carbocycles. The summed E-state index contributed by atoms with van der Waals surface area (Å²) >= 11 is 0. The fraction of sp³-hybridized carbons (Fsp3) is 0.261. The van der Waals surface area contributed by atoms with Crippen LogP contribution in [0.1, 0.15) is 30.3 Å². The van der Waals surface area contributed by atoms with Crippen molar-refractivity contribution in [3.63, 3.8) is 0 Å². The Kier molecular flexibility index (Phi) is 5.30. The lowest BCUT2D eigenvalue weighted by Gasteiger charge is -2.33. The summed E-state index contributed by atoms with van der Waals surface area (Å²) in [5.74, 6) is 0.590. The van der Waals surface area contributed by atoms with Crippen LogP contribution in [-0.4, -0.2) is 24.0 Å². The molecule has 29 heavy (non-hydrogen) atoms. The average molecular weight is 386 g/mol. The van der Waals surface area contributed by atoms with Gasteiger partial charge in [0.1, 0.15) is 0 Å². The standard InChI is InChI=1S/C23H22N4O2/c1-16-9-13-27(14-10-16)20-15-18(17-7-11-25-12-8-17)3-4-19(20)26-23(28)21-5-6-22(24-2)29-21/h3-8,11-12,15-16H,9-10,13-14H2,1H3,(H,26,28). The zero-order valence-electron chi connectivity index (χ0n) is 16.3. The van der Waals surface area contributed by atoms with Crippen LogP contribution in [0.15, 0.2) is 59.3 Å². The highest BCUT2D eigenvalue weighted by Gasteiger charge is 2.21. The number of furan rings is 1. The van der Waals surface area contributed by atoms with Crippen LogP contribution in [0.5, 0.6) is 0 Å². The molecule has 4 rings (SSSR count). The van der Waals surface area contributed by atoms with Gasteiger partial charge in [-0.15, -0.1) is 0 Å². The number of hydrogen-bond donors (Lipinski definition) is 1. The Hall–Kier alpha value is -3.59. The Bertz CT molecular complexity index is 1040. The lowest BCUT2D eigenvalue weighted by atomic mass is 9.97. The molecule has 1 fully saturated rings. The second-order valence-electron chi connectivity index (χ2n) is 7.34. The maximum atomic E-state index is 12.7. The normalized spacial score (nSPS) is 14.4. The minimum absolute atomic E-state index is 0.105. The van der Waals surface area contributed by atoms with E-state index in [2.05, 4.69) is 33.0 Å². The van der Waals surface area contributed by atoms with E-state index in [1.54, 1.807) is 12.4 Å². The monoisotopic (exact) mass is 386 g/mol. The smallest absolute Gasteiger partial charge is 0.346 e. The number of hydrogen-bond acceptors (Lipinski definition) is 4. The predicted octanol–water partition coefficient (Wildman–Crippen LogP) is 5.38. The molecule has 0 saturated carbocycles. The van der Waals surface area contributed by atoms with E-state index in [1.807, 2.05) is 24.3 Å². The van der Waals surface area contributed by atoms with Crippen molar-refractivity contribution >= 4 is 23.2 Å². The fourth-order valence-electron chi connectivity index (χ4n) is 3.57. The Morgan fingerprint density at radius 3 is 2.59 bits per heavy atom. The first-order valence-electron chi connectivity index (χ1n) is 9.72. The summed E-state index contributed by atoms with van der Waals surface area (Å²) in [7, 11) is 0. The quantitative estimate of drug-likeness (QED) is 0.612. The summed E-state index contributed by atoms with van der Waals surface area (Å²) < 4.78 is 5.27. The highest BCUT2D eigenvalue weighted by Crippen LogP contribution is 2.34. The van der Waals surface area contributed by atoms with Gasteiger partial charge < -0.3 is 14.6 Å². The van der Waals surface area contributed by atoms with Gasteiger partial charge in [-0.3, -0.25) is 9.78 Å². The van der Waals surface area contributed by atoms with E-state index in [1.165, 1.54) is 12.1 Å². The number of carbonyl (C=O) groups is 1. The molecule has 1 aliphatic heterocycles. The lowest BCUT2D eigenvalue weighted by Crippen LogP contribution is -2.33. The van der Waals surface area contributed by atoms with Gasteiger partial charge in [-0.2, -0.15) is 4.85 Å². The topological polar surface area (TPSA) is 62.7 Å². The summed E-state index contributed by atoms with van der Waals surface area (Å²) in [6.45, 7) is 11.2. The highest BCUT2D eigenvalue weighted by molar-refractivity contribution is 6.04. The number of nitrogens with one attached hydrogen (secondary N) is 1. The SMILES string of the molecule is [C-]#[N+]c1ccc(C(=O)Nc2ccc(-c3ccncc3)cc2N2CCC(C)CC2)o1. The van der Waals surface area contributed by atoms with Crippen molar-refractivity contribution in [1.82, 2.24) is 4.98 Å². The highest BCUT2D eigenvalue weighted by atomic mass is 16.4. The van der Waals surface area contributed by atoms with Gasteiger partial charge in [0.05, 0.1) is 17.9 Å². The zero-order valence-corrected chi connectivity index (χ0v) is 16.3. The molecule has 146 valence electrons. The van der Waals surface area contributed by atoms with E-state index in [9.17, 15) is 4.79 Å². The number of amides is 1. The van der Waals surface area contributed by atoms with Gasteiger partial charge in [-0.25, -0.2) is 0 Å². The van der Waals surface area contributed by atoms with Gasteiger partial charge >= 0.3 is 5.88 Å². The van der Waals surface area contributed by atoms with E-state index in [0.29, 0.717) is 5.92 Å². The van der Waals surface area contributed by atoms with Crippen LogP contribution in [0.25, 0.3) is 16.0 Å². The van der Waals surface area contributed by atoms with Crippen LogP contribution < -0.4 is 10.2 Å². The molecule has 0 unspecified atom stereocenters. The number of piperidine rings is 1. The van der Waals surface area contributed by atoms with Crippen molar-refractivity contribution in [1.29, 1.82) is 0 Å². The molecule has 0 atom stereocenters. The van der Waals surface area contributed by atoms with Gasteiger partial charge in [0, 0.05) is 25.5 Å². The summed E-state index contributed by atoms with van der Waals surface area (Å²) in [6, 6.07) is 13.0. The van der Waals surface area contributed by atoms with E-state index in [-0.39, 0.29) is 17.6 Å². The third-order valence-corrected chi connectivity index (χ3v) is 5.31. The van der Waals surface area contributed by atoms with Crippen molar-refractivity contribution in [2.24, 2.45) is 5.92 Å². The number of nitrogens with zero attached hydrogens (tertiary/aromatic N) is 3. The molecule has 1 N–H and O–H groups in total. The third kappa shape index (κ3) is 4.14. The predicted molar refractivity (Wildman–Crippen MR) is 113 cm³/mol. The first-order valence-corrected chi connectivity index (χ1v) is 9.72. The largest absolute Gasteiger partial charge is 0.475 e. The third-order valence-electron chi connectivity index (χ3n) is 5.31. The zero-order chi connectivity index (χ0) is 20.2. The average Bonchev–Trinajstić information content (AvgIpc) is 3.25. The van der Waals surface area contributed by atoms with E-state index >= 15 is 0 Å². The minimum Gasteiger partial charge on any atom is -0.475 e. The Balaban J connectivity index is 1.66. The molecule has 2 aromatic heterocycles. The molecule has 1 aromatic carbocycles. The van der Waals surface area contributed by atoms with Gasteiger partial charge in [0.2, 0.25) is 0 Å². The minimum atomic E-state index is -0.358. The van der Waals surface area contributed by atoms with E-state index in [4.69, 9.17) is 11.0 Å². The first kappa shape index (κ1) is 18.8. The number of pyridine rings is 1. The molecular formula is C23H22N4O2. The summed E-state index contributed by atoms with van der Waals surface area (Å²) in [6.07, 6.45) is 5.80. The molecule has 0 bridgehead atoms. The van der Waals surface area contributed by atoms with E-state index in [0.717, 1.165) is 48.4 Å². The van der Waals surface area contributed by atoms with Crippen molar-refractivity contribution < 1.29 is 9.21 Å². The van der Waals surface area contributed by atoms with Crippen molar-refractivity contribution in [3.8, 4) is 11.1 Å². The Morgan fingerprint density at radius 1 is 1.14 bits per heavy atom. The molecule has 1 aliphatic rings. The maximum Gasteiger partial charge on any atom is 0.346 e. The van der Waals surface area contributed by atoms with Gasteiger partial charge in [0.15, 0.2) is 5.76 Å². The molecule has 3 heterocycles. The number of anilines is 2. The molecule has 0 radical (unpaired) electrons. The van der Waals surface area contributed by atoms with Gasteiger partial charge in [0.25, 0.3) is 5.91 Å². The van der Waals surface area contributed by atoms with Crippen LogP contribution in [-0.2, 0) is 0 Å². The lowest BCUT2D eigenvalue weighted by molar-refractivity contribution is 0.0998. The second-order valence-corrected chi connectivity index (χ2v) is 7.34. The molecule has 0 spiro atoms. The fourth-order valence-corrected chi connectivity index (χ4v) is 3.57. The summed E-state index contributed by atoms with van der Waals surface area (Å²) in [5.41, 5.74) is 3.89. The molecule has 6 nitrogen and oxygen atoms in total. The van der Waals surface area contributed by atoms with Crippen molar-refractivity contribution in [2.45, 2.75) is 19.8 Å². The van der Waals surface area contributed by atoms with Crippen LogP contribution in [0.3, 0.4) is 0 Å². The molecule has 3 aromatic rings. The first-order chi connectivity index (χ1) is 14.1. The van der Waals surface area contributed by atoms with Gasteiger partial charge in [-0.05, 0) is 66.3 Å². The number of aromatic nitrogens is 1. The number of benzene rings is 1. The van der Waals surface area contributed by atoms with E-state index < -0.39 is 0 Å². The number of rotatable bonds is 4. The molecule has 1 saturated heterocycles. The maximum absolute atomic E-state index is 12.7. The van der Waals surface area contributed by atoms with Crippen LogP contribution in [0, 0.1) is 12.5 Å². The summed E-state index contributed by atoms with van der Waals surface area (Å²) in [4.78, 5) is 22.3. The Morgan fingerprint density at radius 2 is 1.90 bits per heavy atom. The van der Waals surface area contributed by atoms with Crippen LogP contribution >= 0.6 is 0 Å². The molecule has 1 amide bonds. The molecule has 6 heteroatoms. The second kappa shape index (κ2) is 8.19. The Labute approximate surface area is 170 Å². The van der Waals surface area contributed by atoms with Crippen molar-refractivity contribution in [3.05, 3.63) is 72.0 Å². The van der Waals surface area contributed by atoms with Gasteiger partial charge in [-0.1, -0.05) is 13.0 Å². The summed E-state index contributed by atoms with van der Waals surface area (Å²) in [5, 5.41) is 2.96. The molecular weight excluding hydrogens is 364 g/mol. The van der Waals surface area contributed by atoms with Crippen molar-refractivity contribution in [2.75, 3.05) is 23.3 Å². The van der Waals surface area contributed by atoms with Crippen LogP contribution in [0.2, 0.25) is 0 Å².